The summed E-state index contributed by atoms with van der Waals surface area (Å²) in [5, 5.41) is 19.7. The van der Waals surface area contributed by atoms with E-state index in [2.05, 4.69) is 0 Å². The summed E-state index contributed by atoms with van der Waals surface area (Å²) in [6.45, 7) is 1.90. The van der Waals surface area contributed by atoms with Gasteiger partial charge in [-0.05, 0) is 6.42 Å². The molecule has 0 aromatic heterocycles. The number of aliphatic hydroxyl groups is 2. The van der Waals surface area contributed by atoms with Crippen LogP contribution < -0.4 is 5.73 Å². The first-order valence-electron chi connectivity index (χ1n) is 5.27. The van der Waals surface area contributed by atoms with Crippen LogP contribution in [0.4, 0.5) is 0 Å². The quantitative estimate of drug-likeness (QED) is 0.508. The van der Waals surface area contributed by atoms with Crippen LogP contribution in [0.3, 0.4) is 0 Å². The molecular formula is C12H17NO3. The molecular weight excluding hydrogens is 206 g/mol. The summed E-state index contributed by atoms with van der Waals surface area (Å²) in [5.41, 5.74) is 4.82. The highest BCUT2D eigenvalue weighted by atomic mass is 16.4. The third kappa shape index (κ3) is 2.66. The highest BCUT2D eigenvalue weighted by Gasteiger charge is 2.32. The number of rotatable bonds is 5. The van der Waals surface area contributed by atoms with Gasteiger partial charge in [0.25, 0.3) is 0 Å². The lowest BCUT2D eigenvalue weighted by atomic mass is 9.94. The van der Waals surface area contributed by atoms with E-state index in [4.69, 9.17) is 5.73 Å². The smallest absolute Gasteiger partial charge is 0.165 e. The van der Waals surface area contributed by atoms with Crippen LogP contribution >= 0.6 is 0 Å². The summed E-state index contributed by atoms with van der Waals surface area (Å²) in [6, 6.07) is 6.20. The average Bonchev–Trinajstić information content (AvgIpc) is 2.29. The molecule has 0 saturated heterocycles. The third-order valence-electron chi connectivity index (χ3n) is 2.58. The molecule has 1 rings (SSSR count). The lowest BCUT2D eigenvalue weighted by molar-refractivity contribution is -0.0797. The highest BCUT2D eigenvalue weighted by molar-refractivity contribution is 5.74. The standard InChI is InChI=1S/C12H17NO3/c1-2-3-11(15)12(13,16)10-6-4-9(8-14)5-7-10/h4-8,11,15-16H,2-3,13H2,1H3/t11-,12-/m1/s1. The van der Waals surface area contributed by atoms with Gasteiger partial charge in [0.2, 0.25) is 0 Å². The Balaban J connectivity index is 2.92. The molecule has 88 valence electrons. The van der Waals surface area contributed by atoms with Gasteiger partial charge >= 0.3 is 0 Å². The fraction of sp³-hybridized carbons (Fsp3) is 0.417. The number of nitrogens with two attached hydrogens (primary N) is 1. The monoisotopic (exact) mass is 223 g/mol. The summed E-state index contributed by atoms with van der Waals surface area (Å²) in [7, 11) is 0. The molecule has 1 aromatic rings. The molecule has 0 aliphatic rings. The fourth-order valence-electron chi connectivity index (χ4n) is 1.51. The van der Waals surface area contributed by atoms with Crippen molar-refractivity contribution in [2.45, 2.75) is 31.6 Å². The molecule has 2 atom stereocenters. The van der Waals surface area contributed by atoms with Crippen LogP contribution in [0.2, 0.25) is 0 Å². The Morgan fingerprint density at radius 3 is 2.44 bits per heavy atom. The van der Waals surface area contributed by atoms with Crippen molar-refractivity contribution in [3.05, 3.63) is 35.4 Å². The molecule has 0 aliphatic carbocycles. The summed E-state index contributed by atoms with van der Waals surface area (Å²) in [6.07, 6.45) is 0.844. The first kappa shape index (κ1) is 12.8. The van der Waals surface area contributed by atoms with Crippen LogP contribution in [0.25, 0.3) is 0 Å². The first-order chi connectivity index (χ1) is 7.52. The topological polar surface area (TPSA) is 83.6 Å². The average molecular weight is 223 g/mol. The molecule has 0 fully saturated rings. The Labute approximate surface area is 94.7 Å². The minimum Gasteiger partial charge on any atom is -0.388 e. The van der Waals surface area contributed by atoms with E-state index in [0.29, 0.717) is 23.8 Å². The Kier molecular flexibility index (Phi) is 4.18. The van der Waals surface area contributed by atoms with E-state index < -0.39 is 11.8 Å². The molecule has 4 heteroatoms. The van der Waals surface area contributed by atoms with Crippen LogP contribution in [-0.2, 0) is 5.72 Å². The van der Waals surface area contributed by atoms with Gasteiger partial charge in [-0.2, -0.15) is 0 Å². The minimum atomic E-state index is -1.77. The highest BCUT2D eigenvalue weighted by Crippen LogP contribution is 2.22. The molecule has 0 heterocycles. The first-order valence-corrected chi connectivity index (χ1v) is 5.27. The van der Waals surface area contributed by atoms with Crippen LogP contribution in [0.5, 0.6) is 0 Å². The summed E-state index contributed by atoms with van der Waals surface area (Å²) in [4.78, 5) is 10.5. The van der Waals surface area contributed by atoms with Crippen molar-refractivity contribution in [2.75, 3.05) is 0 Å². The molecule has 0 amide bonds. The lowest BCUT2D eigenvalue weighted by Crippen LogP contribution is -2.47. The van der Waals surface area contributed by atoms with Crippen LogP contribution in [-0.4, -0.2) is 22.6 Å². The normalized spacial score (nSPS) is 16.5. The van der Waals surface area contributed by atoms with E-state index in [1.807, 2.05) is 6.92 Å². The Morgan fingerprint density at radius 2 is 2.00 bits per heavy atom. The number of aldehydes is 1. The fourth-order valence-corrected chi connectivity index (χ4v) is 1.51. The van der Waals surface area contributed by atoms with Crippen molar-refractivity contribution in [3.63, 3.8) is 0 Å². The molecule has 4 N–H and O–H groups in total. The second kappa shape index (κ2) is 5.21. The summed E-state index contributed by atoms with van der Waals surface area (Å²) < 4.78 is 0. The molecule has 0 radical (unpaired) electrons. The van der Waals surface area contributed by atoms with Crippen molar-refractivity contribution >= 4 is 6.29 Å². The molecule has 0 saturated carbocycles. The number of carbonyl (C=O) groups excluding carboxylic acids is 1. The van der Waals surface area contributed by atoms with Crippen LogP contribution in [0.15, 0.2) is 24.3 Å². The van der Waals surface area contributed by atoms with Crippen molar-refractivity contribution < 1.29 is 15.0 Å². The van der Waals surface area contributed by atoms with Gasteiger partial charge in [-0.3, -0.25) is 10.5 Å². The summed E-state index contributed by atoms with van der Waals surface area (Å²) >= 11 is 0. The summed E-state index contributed by atoms with van der Waals surface area (Å²) in [5.74, 6) is 0. The van der Waals surface area contributed by atoms with Gasteiger partial charge < -0.3 is 10.2 Å². The zero-order valence-corrected chi connectivity index (χ0v) is 9.26. The molecule has 1 aromatic carbocycles. The molecule has 0 unspecified atom stereocenters. The zero-order valence-electron chi connectivity index (χ0n) is 9.26. The largest absolute Gasteiger partial charge is 0.388 e. The molecule has 16 heavy (non-hydrogen) atoms. The second-order valence-corrected chi connectivity index (χ2v) is 3.87. The number of hydrogen-bond donors (Lipinski definition) is 3. The molecule has 0 spiro atoms. The van der Waals surface area contributed by atoms with E-state index in [1.54, 1.807) is 24.3 Å². The Morgan fingerprint density at radius 1 is 1.44 bits per heavy atom. The minimum absolute atomic E-state index is 0.402. The van der Waals surface area contributed by atoms with E-state index in [0.717, 1.165) is 6.42 Å². The number of hydrogen-bond acceptors (Lipinski definition) is 4. The zero-order chi connectivity index (χ0) is 12.2. The van der Waals surface area contributed by atoms with Crippen molar-refractivity contribution in [1.82, 2.24) is 0 Å². The SMILES string of the molecule is CCC[C@@H](O)[C@](N)(O)c1ccc(C=O)cc1. The molecule has 0 bridgehead atoms. The van der Waals surface area contributed by atoms with Crippen molar-refractivity contribution in [1.29, 1.82) is 0 Å². The van der Waals surface area contributed by atoms with E-state index in [-0.39, 0.29) is 0 Å². The number of benzene rings is 1. The van der Waals surface area contributed by atoms with Gasteiger partial charge in [-0.1, -0.05) is 37.6 Å². The lowest BCUT2D eigenvalue weighted by Gasteiger charge is -2.29. The maximum absolute atomic E-state index is 10.5. The van der Waals surface area contributed by atoms with E-state index in [9.17, 15) is 15.0 Å². The van der Waals surface area contributed by atoms with Gasteiger partial charge in [0.1, 0.15) is 12.4 Å². The maximum Gasteiger partial charge on any atom is 0.165 e. The van der Waals surface area contributed by atoms with Crippen LogP contribution in [0, 0.1) is 0 Å². The van der Waals surface area contributed by atoms with Gasteiger partial charge in [0.15, 0.2) is 5.72 Å². The number of carbonyl (C=O) groups is 1. The van der Waals surface area contributed by atoms with E-state index >= 15 is 0 Å². The van der Waals surface area contributed by atoms with Gasteiger partial charge in [0, 0.05) is 11.1 Å². The molecule has 0 aliphatic heterocycles. The predicted octanol–water partition coefficient (Wildman–Crippen LogP) is 0.764. The van der Waals surface area contributed by atoms with Crippen LogP contribution in [0.1, 0.15) is 35.7 Å². The predicted molar refractivity (Wildman–Crippen MR) is 60.8 cm³/mol. The second-order valence-electron chi connectivity index (χ2n) is 3.87. The number of aliphatic hydroxyl groups excluding tert-OH is 1. The van der Waals surface area contributed by atoms with Gasteiger partial charge in [-0.25, -0.2) is 0 Å². The Bertz CT molecular complexity index is 346. The maximum atomic E-state index is 10.5. The third-order valence-corrected chi connectivity index (χ3v) is 2.58. The van der Waals surface area contributed by atoms with Gasteiger partial charge in [-0.15, -0.1) is 0 Å². The van der Waals surface area contributed by atoms with E-state index in [1.165, 1.54) is 0 Å². The van der Waals surface area contributed by atoms with Crippen molar-refractivity contribution in [2.24, 2.45) is 5.73 Å². The van der Waals surface area contributed by atoms with Crippen molar-refractivity contribution in [3.8, 4) is 0 Å². The Hall–Kier alpha value is -1.23. The van der Waals surface area contributed by atoms with Gasteiger partial charge in [0.05, 0.1) is 0 Å². The molecule has 4 nitrogen and oxygen atoms in total.